The number of anilines is 1. The molecule has 0 spiro atoms. The van der Waals surface area contributed by atoms with Crippen LogP contribution in [0.3, 0.4) is 0 Å². The van der Waals surface area contributed by atoms with Crippen LogP contribution in [0.5, 0.6) is 0 Å². The number of hydrogen-bond donors (Lipinski definition) is 1. The number of carbonyl (C=O) groups excluding carboxylic acids is 1. The summed E-state index contributed by atoms with van der Waals surface area (Å²) in [5.74, 6) is -0.337. The van der Waals surface area contributed by atoms with Crippen molar-refractivity contribution in [2.75, 3.05) is 5.32 Å². The topological polar surface area (TPSA) is 83.6 Å². The fourth-order valence-corrected chi connectivity index (χ4v) is 1.48. The van der Waals surface area contributed by atoms with E-state index in [1.165, 1.54) is 0 Å². The highest BCUT2D eigenvalue weighted by molar-refractivity contribution is 5.99. The van der Waals surface area contributed by atoms with E-state index in [1.807, 2.05) is 6.07 Å². The van der Waals surface area contributed by atoms with Crippen LogP contribution in [-0.2, 0) is 11.8 Å². The molecule has 0 aliphatic rings. The van der Waals surface area contributed by atoms with Gasteiger partial charge in [0.25, 0.3) is 0 Å². The van der Waals surface area contributed by atoms with Gasteiger partial charge in [-0.3, -0.25) is 4.79 Å². The van der Waals surface area contributed by atoms with Crippen LogP contribution in [0.2, 0.25) is 0 Å². The Balaban J connectivity index is 2.41. The van der Waals surface area contributed by atoms with Gasteiger partial charge in [-0.1, -0.05) is 11.3 Å². The van der Waals surface area contributed by atoms with Crippen molar-refractivity contribution in [1.82, 2.24) is 15.0 Å². The van der Waals surface area contributed by atoms with Gasteiger partial charge in [0.1, 0.15) is 17.5 Å². The summed E-state index contributed by atoms with van der Waals surface area (Å²) >= 11 is 0. The molecule has 0 atom stereocenters. The zero-order valence-corrected chi connectivity index (χ0v) is 8.64. The van der Waals surface area contributed by atoms with Gasteiger partial charge < -0.3 is 5.32 Å². The molecule has 1 amide bonds. The fraction of sp³-hybridized carbons (Fsp3) is 0.200. The van der Waals surface area contributed by atoms with Gasteiger partial charge in [0.15, 0.2) is 0 Å². The van der Waals surface area contributed by atoms with Gasteiger partial charge in [-0.05, 0) is 12.1 Å². The first-order valence-corrected chi connectivity index (χ1v) is 4.67. The maximum Gasteiger partial charge on any atom is 0.238 e. The largest absolute Gasteiger partial charge is 0.323 e. The van der Waals surface area contributed by atoms with Crippen LogP contribution in [0.25, 0.3) is 11.0 Å². The zero-order chi connectivity index (χ0) is 11.5. The van der Waals surface area contributed by atoms with Gasteiger partial charge in [-0.2, -0.15) is 5.26 Å². The Morgan fingerprint density at radius 1 is 1.62 bits per heavy atom. The molecular formula is C10H9N5O. The molecule has 1 aromatic carbocycles. The predicted octanol–water partition coefficient (Wildman–Crippen LogP) is 0.820. The Hall–Kier alpha value is -2.42. The Kier molecular flexibility index (Phi) is 2.52. The fourth-order valence-electron chi connectivity index (χ4n) is 1.48. The standard InChI is InChI=1S/C10H9N5O/c1-15-10-7(12-9(16)5-6-11)3-2-4-8(10)13-14-15/h2-4H,5H2,1H3,(H,12,16). The number of nitriles is 1. The highest BCUT2D eigenvalue weighted by atomic mass is 16.1. The number of rotatable bonds is 2. The summed E-state index contributed by atoms with van der Waals surface area (Å²) in [7, 11) is 1.75. The van der Waals surface area contributed by atoms with E-state index < -0.39 is 0 Å². The number of nitrogens with one attached hydrogen (secondary N) is 1. The van der Waals surface area contributed by atoms with E-state index in [0.717, 1.165) is 5.52 Å². The first-order chi connectivity index (χ1) is 7.72. The van der Waals surface area contributed by atoms with Gasteiger partial charge in [-0.15, -0.1) is 5.10 Å². The predicted molar refractivity (Wildman–Crippen MR) is 57.4 cm³/mol. The Labute approximate surface area is 91.5 Å². The molecule has 1 aromatic heterocycles. The summed E-state index contributed by atoms with van der Waals surface area (Å²) in [4.78, 5) is 11.3. The van der Waals surface area contributed by atoms with Crippen molar-refractivity contribution in [1.29, 1.82) is 5.26 Å². The second kappa shape index (κ2) is 3.98. The van der Waals surface area contributed by atoms with E-state index in [0.29, 0.717) is 11.2 Å². The molecule has 80 valence electrons. The van der Waals surface area contributed by atoms with Gasteiger partial charge in [0, 0.05) is 7.05 Å². The van der Waals surface area contributed by atoms with Gasteiger partial charge in [0.05, 0.1) is 11.8 Å². The average molecular weight is 215 g/mol. The SMILES string of the molecule is Cn1nnc2cccc(NC(=O)CC#N)c21. The van der Waals surface area contributed by atoms with Crippen LogP contribution in [0.4, 0.5) is 5.69 Å². The molecule has 2 rings (SSSR count). The number of hydrogen-bond acceptors (Lipinski definition) is 4. The first kappa shape index (κ1) is 10.1. The van der Waals surface area contributed by atoms with E-state index in [-0.39, 0.29) is 12.3 Å². The van der Waals surface area contributed by atoms with Crippen molar-refractivity contribution in [3.05, 3.63) is 18.2 Å². The normalized spacial score (nSPS) is 10.0. The summed E-state index contributed by atoms with van der Waals surface area (Å²) in [6, 6.07) is 7.13. The molecule has 6 heteroatoms. The van der Waals surface area contributed by atoms with Gasteiger partial charge in [-0.25, -0.2) is 4.68 Å². The summed E-state index contributed by atoms with van der Waals surface area (Å²) in [5.41, 5.74) is 2.07. The highest BCUT2D eigenvalue weighted by Gasteiger charge is 2.09. The van der Waals surface area contributed by atoms with Crippen LogP contribution < -0.4 is 5.32 Å². The number of para-hydroxylation sites is 1. The molecule has 1 N–H and O–H groups in total. The van der Waals surface area contributed by atoms with Crippen LogP contribution in [-0.4, -0.2) is 20.9 Å². The van der Waals surface area contributed by atoms with E-state index in [1.54, 1.807) is 29.9 Å². The number of fused-ring (bicyclic) bond motifs is 1. The van der Waals surface area contributed by atoms with Crippen molar-refractivity contribution in [3.63, 3.8) is 0 Å². The molecule has 0 fully saturated rings. The van der Waals surface area contributed by atoms with Crippen LogP contribution in [0.15, 0.2) is 18.2 Å². The molecule has 0 unspecified atom stereocenters. The number of amides is 1. The van der Waals surface area contributed by atoms with Gasteiger partial charge >= 0.3 is 0 Å². The van der Waals surface area contributed by atoms with Crippen molar-refractivity contribution in [2.24, 2.45) is 7.05 Å². The molecule has 16 heavy (non-hydrogen) atoms. The van der Waals surface area contributed by atoms with Crippen molar-refractivity contribution in [2.45, 2.75) is 6.42 Å². The Morgan fingerprint density at radius 2 is 2.44 bits per heavy atom. The second-order valence-corrected chi connectivity index (χ2v) is 3.27. The third-order valence-electron chi connectivity index (χ3n) is 2.14. The van der Waals surface area contributed by atoms with E-state index in [9.17, 15) is 4.79 Å². The van der Waals surface area contributed by atoms with Gasteiger partial charge in [0.2, 0.25) is 5.91 Å². The lowest BCUT2D eigenvalue weighted by Gasteiger charge is -2.04. The molecule has 6 nitrogen and oxygen atoms in total. The molecular weight excluding hydrogens is 206 g/mol. The Bertz CT molecular complexity index is 580. The molecule has 0 aliphatic heterocycles. The average Bonchev–Trinajstić information content (AvgIpc) is 2.62. The lowest BCUT2D eigenvalue weighted by atomic mass is 10.2. The summed E-state index contributed by atoms with van der Waals surface area (Å²) in [6.07, 6.45) is -0.165. The minimum absolute atomic E-state index is 0.165. The number of nitrogens with zero attached hydrogens (tertiary/aromatic N) is 4. The quantitative estimate of drug-likeness (QED) is 0.803. The van der Waals surface area contributed by atoms with Crippen molar-refractivity contribution >= 4 is 22.6 Å². The molecule has 0 saturated heterocycles. The summed E-state index contributed by atoms with van der Waals surface area (Å²) < 4.78 is 1.58. The van der Waals surface area contributed by atoms with Crippen LogP contribution in [0, 0.1) is 11.3 Å². The smallest absolute Gasteiger partial charge is 0.238 e. The maximum atomic E-state index is 11.3. The lowest BCUT2D eigenvalue weighted by molar-refractivity contribution is -0.115. The van der Waals surface area contributed by atoms with Crippen LogP contribution >= 0.6 is 0 Å². The molecule has 0 saturated carbocycles. The van der Waals surface area contributed by atoms with E-state index in [2.05, 4.69) is 15.6 Å². The molecule has 1 heterocycles. The number of aromatic nitrogens is 3. The van der Waals surface area contributed by atoms with E-state index in [4.69, 9.17) is 5.26 Å². The molecule has 0 radical (unpaired) electrons. The first-order valence-electron chi connectivity index (χ1n) is 4.67. The molecule has 0 aliphatic carbocycles. The van der Waals surface area contributed by atoms with Crippen molar-refractivity contribution in [3.8, 4) is 6.07 Å². The third-order valence-corrected chi connectivity index (χ3v) is 2.14. The lowest BCUT2D eigenvalue weighted by Crippen LogP contribution is -2.11. The summed E-state index contributed by atoms with van der Waals surface area (Å²) in [6.45, 7) is 0. The Morgan fingerprint density at radius 3 is 3.19 bits per heavy atom. The number of benzene rings is 1. The molecule has 0 bridgehead atoms. The molecule has 2 aromatic rings. The third kappa shape index (κ3) is 1.70. The summed E-state index contributed by atoms with van der Waals surface area (Å²) in [5, 5.41) is 18.8. The minimum Gasteiger partial charge on any atom is -0.323 e. The number of aryl methyl sites for hydroxylation is 1. The van der Waals surface area contributed by atoms with Crippen molar-refractivity contribution < 1.29 is 4.79 Å². The maximum absolute atomic E-state index is 11.3. The monoisotopic (exact) mass is 215 g/mol. The second-order valence-electron chi connectivity index (χ2n) is 3.27. The number of carbonyl (C=O) groups is 1. The zero-order valence-electron chi connectivity index (χ0n) is 8.64. The minimum atomic E-state index is -0.337. The highest BCUT2D eigenvalue weighted by Crippen LogP contribution is 2.20. The van der Waals surface area contributed by atoms with E-state index >= 15 is 0 Å². The van der Waals surface area contributed by atoms with Crippen LogP contribution in [0.1, 0.15) is 6.42 Å².